The quantitative estimate of drug-likeness (QED) is 0.559. The van der Waals surface area contributed by atoms with Crippen molar-refractivity contribution in [2.24, 2.45) is 0 Å². The number of carbonyl (C=O) groups excluding carboxylic acids is 3. The zero-order valence-corrected chi connectivity index (χ0v) is 17.1. The number of hydrogen-bond donors (Lipinski definition) is 2. The molecule has 2 N–H and O–H groups in total. The highest BCUT2D eigenvalue weighted by Crippen LogP contribution is 2.25. The molecule has 0 atom stereocenters. The summed E-state index contributed by atoms with van der Waals surface area (Å²) in [5.74, 6) is -0.934. The molecule has 0 bridgehead atoms. The minimum atomic E-state index is -0.462. The monoisotopic (exact) mass is 405 g/mol. The predicted molar refractivity (Wildman–Crippen MR) is 111 cm³/mol. The van der Waals surface area contributed by atoms with Gasteiger partial charge >= 0.3 is 5.97 Å². The number of esters is 1. The molecule has 1 aromatic carbocycles. The van der Waals surface area contributed by atoms with Crippen molar-refractivity contribution >= 4 is 40.8 Å². The van der Waals surface area contributed by atoms with Gasteiger partial charge in [0.2, 0.25) is 5.91 Å². The molecule has 0 aliphatic heterocycles. The molecule has 1 aromatic rings. The summed E-state index contributed by atoms with van der Waals surface area (Å²) >= 11 is 5.17. The Kier molecular flexibility index (Phi) is 8.38. The number of thiocarbonyl (C=S) groups is 1. The fourth-order valence-electron chi connectivity index (χ4n) is 3.26. The third-order valence-corrected chi connectivity index (χ3v) is 5.09. The number of para-hydroxylation sites is 1. The van der Waals surface area contributed by atoms with Gasteiger partial charge in [-0.15, -0.1) is 0 Å². The summed E-state index contributed by atoms with van der Waals surface area (Å²) in [6, 6.07) is 7.33. The van der Waals surface area contributed by atoms with Crippen LogP contribution in [0.4, 0.5) is 5.69 Å². The van der Waals surface area contributed by atoms with E-state index in [4.69, 9.17) is 12.2 Å². The normalized spacial score (nSPS) is 14.1. The zero-order chi connectivity index (χ0) is 20.5. The largest absolute Gasteiger partial charge is 0.469 e. The third kappa shape index (κ3) is 6.30. The van der Waals surface area contributed by atoms with Gasteiger partial charge in [0.25, 0.3) is 5.91 Å². The number of nitrogens with zero attached hydrogens (tertiary/aromatic N) is 1. The van der Waals surface area contributed by atoms with Crippen LogP contribution in [0.3, 0.4) is 0 Å². The molecule has 1 fully saturated rings. The van der Waals surface area contributed by atoms with E-state index in [2.05, 4.69) is 15.4 Å². The molecule has 152 valence electrons. The SMILES string of the molecule is COC(=O)CCC(=O)NC(=S)Nc1ccccc1C(=O)N(C)C1CCCCC1. The van der Waals surface area contributed by atoms with Crippen LogP contribution in [-0.2, 0) is 14.3 Å². The predicted octanol–water partition coefficient (Wildman–Crippen LogP) is 2.86. The first-order valence-electron chi connectivity index (χ1n) is 9.46. The summed E-state index contributed by atoms with van der Waals surface area (Å²) in [6.45, 7) is 0. The standard InChI is InChI=1S/C20H27N3O4S/c1-23(14-8-4-3-5-9-14)19(26)15-10-6-7-11-16(15)21-20(28)22-17(24)12-13-18(25)27-2/h6-7,10-11,14H,3-5,8-9,12-13H2,1-2H3,(H2,21,22,24,28). The number of ether oxygens (including phenoxy) is 1. The van der Waals surface area contributed by atoms with Crippen LogP contribution in [0.25, 0.3) is 0 Å². The molecule has 7 nitrogen and oxygen atoms in total. The summed E-state index contributed by atoms with van der Waals surface area (Å²) in [6.07, 6.45) is 5.50. The number of benzene rings is 1. The van der Waals surface area contributed by atoms with Crippen molar-refractivity contribution < 1.29 is 19.1 Å². The second kappa shape index (κ2) is 10.8. The van der Waals surface area contributed by atoms with E-state index in [1.54, 1.807) is 29.2 Å². The van der Waals surface area contributed by atoms with Crippen LogP contribution in [0.5, 0.6) is 0 Å². The molecule has 2 rings (SSSR count). The lowest BCUT2D eigenvalue weighted by Crippen LogP contribution is -2.39. The van der Waals surface area contributed by atoms with Crippen molar-refractivity contribution in [2.45, 2.75) is 51.0 Å². The van der Waals surface area contributed by atoms with Crippen molar-refractivity contribution in [2.75, 3.05) is 19.5 Å². The van der Waals surface area contributed by atoms with Gasteiger partial charge in [-0.05, 0) is 37.2 Å². The average molecular weight is 406 g/mol. The highest BCUT2D eigenvalue weighted by atomic mass is 32.1. The van der Waals surface area contributed by atoms with Gasteiger partial charge in [0, 0.05) is 19.5 Å². The van der Waals surface area contributed by atoms with Crippen molar-refractivity contribution in [1.82, 2.24) is 10.2 Å². The van der Waals surface area contributed by atoms with Gasteiger partial charge in [0.05, 0.1) is 24.8 Å². The van der Waals surface area contributed by atoms with E-state index < -0.39 is 11.9 Å². The Balaban J connectivity index is 1.98. The topological polar surface area (TPSA) is 87.7 Å². The Hall–Kier alpha value is -2.48. The molecule has 0 spiro atoms. The van der Waals surface area contributed by atoms with E-state index >= 15 is 0 Å². The van der Waals surface area contributed by atoms with E-state index in [0.29, 0.717) is 11.3 Å². The molecule has 1 aliphatic rings. The second-order valence-corrected chi connectivity index (χ2v) is 7.24. The number of hydrogen-bond acceptors (Lipinski definition) is 5. The van der Waals surface area contributed by atoms with Gasteiger partial charge in [-0.2, -0.15) is 0 Å². The molecule has 0 radical (unpaired) electrons. The summed E-state index contributed by atoms with van der Waals surface area (Å²) in [5.41, 5.74) is 1.04. The number of nitrogens with one attached hydrogen (secondary N) is 2. The fourth-order valence-corrected chi connectivity index (χ4v) is 3.49. The molecular formula is C20H27N3O4S. The van der Waals surface area contributed by atoms with Crippen molar-refractivity contribution in [3.63, 3.8) is 0 Å². The van der Waals surface area contributed by atoms with Crippen LogP contribution in [0.15, 0.2) is 24.3 Å². The number of amides is 2. The molecule has 0 saturated heterocycles. The van der Waals surface area contributed by atoms with Crippen molar-refractivity contribution in [3.05, 3.63) is 29.8 Å². The summed E-state index contributed by atoms with van der Waals surface area (Å²) < 4.78 is 4.51. The maximum Gasteiger partial charge on any atom is 0.306 e. The van der Waals surface area contributed by atoms with Gasteiger partial charge in [-0.25, -0.2) is 0 Å². The highest BCUT2D eigenvalue weighted by molar-refractivity contribution is 7.80. The van der Waals surface area contributed by atoms with Crippen LogP contribution < -0.4 is 10.6 Å². The molecular weight excluding hydrogens is 378 g/mol. The lowest BCUT2D eigenvalue weighted by atomic mass is 9.94. The first kappa shape index (κ1) is 21.8. The Bertz CT molecular complexity index is 732. The van der Waals surface area contributed by atoms with E-state index in [-0.39, 0.29) is 29.9 Å². The zero-order valence-electron chi connectivity index (χ0n) is 16.3. The first-order valence-corrected chi connectivity index (χ1v) is 9.87. The smallest absolute Gasteiger partial charge is 0.306 e. The van der Waals surface area contributed by atoms with Crippen LogP contribution in [-0.4, -0.2) is 48.0 Å². The van der Waals surface area contributed by atoms with Crippen LogP contribution in [0, 0.1) is 0 Å². The van der Waals surface area contributed by atoms with Gasteiger partial charge < -0.3 is 20.3 Å². The highest BCUT2D eigenvalue weighted by Gasteiger charge is 2.24. The minimum absolute atomic E-state index is 0.0216. The fraction of sp³-hybridized carbons (Fsp3) is 0.500. The molecule has 1 saturated carbocycles. The molecule has 0 aromatic heterocycles. The number of anilines is 1. The maximum atomic E-state index is 13.0. The van der Waals surface area contributed by atoms with Gasteiger partial charge in [0.1, 0.15) is 0 Å². The lowest BCUT2D eigenvalue weighted by Gasteiger charge is -2.31. The molecule has 0 unspecified atom stereocenters. The Morgan fingerprint density at radius 2 is 1.82 bits per heavy atom. The average Bonchev–Trinajstić information content (AvgIpc) is 2.71. The Morgan fingerprint density at radius 3 is 2.50 bits per heavy atom. The molecule has 1 aliphatic carbocycles. The second-order valence-electron chi connectivity index (χ2n) is 6.83. The Morgan fingerprint density at radius 1 is 1.14 bits per heavy atom. The van der Waals surface area contributed by atoms with Gasteiger partial charge in [-0.3, -0.25) is 14.4 Å². The molecule has 2 amide bonds. The van der Waals surface area contributed by atoms with E-state index in [1.165, 1.54) is 13.5 Å². The van der Waals surface area contributed by atoms with E-state index in [0.717, 1.165) is 25.7 Å². The van der Waals surface area contributed by atoms with Crippen LogP contribution in [0.1, 0.15) is 55.3 Å². The van der Waals surface area contributed by atoms with E-state index in [9.17, 15) is 14.4 Å². The Labute approximate surface area is 170 Å². The summed E-state index contributed by atoms with van der Waals surface area (Å²) in [7, 11) is 3.10. The van der Waals surface area contributed by atoms with Crippen molar-refractivity contribution in [1.29, 1.82) is 0 Å². The molecule has 28 heavy (non-hydrogen) atoms. The van der Waals surface area contributed by atoms with Crippen molar-refractivity contribution in [3.8, 4) is 0 Å². The van der Waals surface area contributed by atoms with Crippen LogP contribution in [0.2, 0.25) is 0 Å². The number of carbonyl (C=O) groups is 3. The van der Waals surface area contributed by atoms with Gasteiger partial charge in [-0.1, -0.05) is 31.4 Å². The maximum absolute atomic E-state index is 13.0. The first-order chi connectivity index (χ1) is 13.4. The molecule has 0 heterocycles. The van der Waals surface area contributed by atoms with Gasteiger partial charge in [0.15, 0.2) is 5.11 Å². The van der Waals surface area contributed by atoms with E-state index in [1.807, 2.05) is 7.05 Å². The number of rotatable bonds is 6. The molecule has 8 heteroatoms. The lowest BCUT2D eigenvalue weighted by molar-refractivity contribution is -0.142. The third-order valence-electron chi connectivity index (χ3n) is 4.89. The minimum Gasteiger partial charge on any atom is -0.469 e. The van der Waals surface area contributed by atoms with Crippen LogP contribution >= 0.6 is 12.2 Å². The summed E-state index contributed by atoms with van der Waals surface area (Å²) in [4.78, 5) is 37.8. The summed E-state index contributed by atoms with van der Waals surface area (Å²) in [5, 5.41) is 5.51. The number of methoxy groups -OCH3 is 1.